The molecule has 0 bridgehead atoms. The summed E-state index contributed by atoms with van der Waals surface area (Å²) in [6.07, 6.45) is 6.47. The number of hydrogen-bond acceptors (Lipinski definition) is 5. The maximum atomic E-state index is 11.8. The van der Waals surface area contributed by atoms with Gasteiger partial charge in [-0.15, -0.1) is 0 Å². The molecule has 1 N–H and O–H groups in total. The van der Waals surface area contributed by atoms with Crippen LogP contribution in [0.25, 0.3) is 6.08 Å². The van der Waals surface area contributed by atoms with Gasteiger partial charge in [0, 0.05) is 0 Å². The molecule has 0 unspecified atom stereocenters. The predicted octanol–water partition coefficient (Wildman–Crippen LogP) is 3.60. The van der Waals surface area contributed by atoms with Crippen LogP contribution >= 0.6 is 0 Å². The average molecular weight is 415 g/mol. The van der Waals surface area contributed by atoms with Crippen LogP contribution in [-0.4, -0.2) is 30.2 Å². The largest absolute Gasteiger partial charge is 2.00 e. The molecule has 1 aromatic carbocycles. The van der Waals surface area contributed by atoms with Crippen molar-refractivity contribution in [1.82, 2.24) is 5.32 Å². The molecular weight excluding hydrogens is 390 g/mol. The Labute approximate surface area is 171 Å². The van der Waals surface area contributed by atoms with E-state index in [9.17, 15) is 14.4 Å². The Hall–Kier alpha value is -2.37. The second-order valence-electron chi connectivity index (χ2n) is 6.14. The molecule has 6 nitrogen and oxygen atoms in total. The van der Waals surface area contributed by atoms with Crippen LogP contribution in [0.5, 0.6) is 0 Å². The third kappa shape index (κ3) is 12.6. The minimum absolute atomic E-state index is 0. The number of carbonyl (C=O) groups is 2. The fraction of sp³-hybridized carbons (Fsp3) is 0.300. The summed E-state index contributed by atoms with van der Waals surface area (Å²) in [6.45, 7) is 6.17. The van der Waals surface area contributed by atoms with Crippen molar-refractivity contribution < 1.29 is 40.9 Å². The van der Waals surface area contributed by atoms with Crippen LogP contribution < -0.4 is 5.32 Å². The SMILES string of the molecule is CC(C)(C)OC(=O)N[C@@H](CC=CC=Cc1ccccc1)C(=O)O[C-]=O.[CH3-].[Fe+2]. The smallest absolute Gasteiger partial charge is 0.583 e. The van der Waals surface area contributed by atoms with E-state index in [-0.39, 0.29) is 30.9 Å². The molecule has 1 amide bonds. The molecular formula is C20H25FeNO5. The topological polar surface area (TPSA) is 81.7 Å². The number of rotatable bonds is 7. The summed E-state index contributed by atoms with van der Waals surface area (Å²) in [5.41, 5.74) is 0.328. The summed E-state index contributed by atoms with van der Waals surface area (Å²) in [7, 11) is 0. The monoisotopic (exact) mass is 415 g/mol. The van der Waals surface area contributed by atoms with Gasteiger partial charge in [-0.1, -0.05) is 54.6 Å². The average Bonchev–Trinajstić information content (AvgIpc) is 2.53. The van der Waals surface area contributed by atoms with E-state index in [1.807, 2.05) is 36.4 Å². The van der Waals surface area contributed by atoms with Crippen LogP contribution in [0, 0.1) is 7.43 Å². The van der Waals surface area contributed by atoms with E-state index in [1.54, 1.807) is 39.0 Å². The first-order valence-corrected chi connectivity index (χ1v) is 7.77. The van der Waals surface area contributed by atoms with Crippen molar-refractivity contribution in [2.45, 2.75) is 38.8 Å². The number of nitrogens with one attached hydrogen (secondary N) is 1. The zero-order chi connectivity index (χ0) is 18.7. The Morgan fingerprint density at radius 1 is 1.19 bits per heavy atom. The van der Waals surface area contributed by atoms with E-state index < -0.39 is 23.7 Å². The molecule has 27 heavy (non-hydrogen) atoms. The Kier molecular flexibility index (Phi) is 13.7. The number of esters is 1. The third-order valence-electron chi connectivity index (χ3n) is 2.82. The van der Waals surface area contributed by atoms with Gasteiger partial charge >= 0.3 is 23.2 Å². The van der Waals surface area contributed by atoms with Gasteiger partial charge < -0.3 is 31.8 Å². The van der Waals surface area contributed by atoms with Crippen LogP contribution in [0.3, 0.4) is 0 Å². The number of allylic oxidation sites excluding steroid dienone is 2. The Morgan fingerprint density at radius 2 is 1.81 bits per heavy atom. The summed E-state index contributed by atoms with van der Waals surface area (Å²) < 4.78 is 9.28. The Balaban J connectivity index is 0. The van der Waals surface area contributed by atoms with Crippen LogP contribution in [-0.2, 0) is 36.1 Å². The second kappa shape index (κ2) is 13.8. The van der Waals surface area contributed by atoms with Crippen molar-refractivity contribution in [3.8, 4) is 0 Å². The molecule has 148 valence electrons. The molecule has 1 rings (SSSR count). The summed E-state index contributed by atoms with van der Waals surface area (Å²) in [4.78, 5) is 33.7. The van der Waals surface area contributed by atoms with Gasteiger partial charge in [-0.25, -0.2) is 4.79 Å². The summed E-state index contributed by atoms with van der Waals surface area (Å²) in [5.74, 6) is -0.905. The summed E-state index contributed by atoms with van der Waals surface area (Å²) in [5, 5.41) is 2.38. The standard InChI is InChI=1S/C19H22NO5.CH3.Fe/c1-19(2,3)25-18(23)20-16(17(22)24-14-21)13-9-5-8-12-15-10-6-4-7-11-15;;/h4-12,16H,13H2,1-3H3,(H,20,23);1H3;/q2*-1;+2/t16-;;/m0../s1. The molecule has 0 aliphatic carbocycles. The number of hydrogen-bond donors (Lipinski definition) is 1. The Bertz CT molecular complexity index is 636. The molecule has 0 aromatic heterocycles. The molecule has 0 aliphatic rings. The van der Waals surface area contributed by atoms with Crippen molar-refractivity contribution >= 4 is 24.6 Å². The number of carbonyl (C=O) groups excluding carboxylic acids is 3. The van der Waals surface area contributed by atoms with Gasteiger partial charge in [0.2, 0.25) is 0 Å². The molecule has 0 spiro atoms. The minimum atomic E-state index is -1.04. The fourth-order valence-corrected chi connectivity index (χ4v) is 1.80. The maximum Gasteiger partial charge on any atom is 2.00 e. The quantitative estimate of drug-likeness (QED) is 0.242. The molecule has 0 saturated carbocycles. The fourth-order valence-electron chi connectivity index (χ4n) is 1.80. The molecule has 0 saturated heterocycles. The van der Waals surface area contributed by atoms with E-state index in [2.05, 4.69) is 10.1 Å². The van der Waals surface area contributed by atoms with Gasteiger partial charge in [-0.2, -0.15) is 0 Å². The van der Waals surface area contributed by atoms with Crippen molar-refractivity contribution in [1.29, 1.82) is 0 Å². The summed E-state index contributed by atoms with van der Waals surface area (Å²) >= 11 is 0. The summed E-state index contributed by atoms with van der Waals surface area (Å²) in [6, 6.07) is 8.64. The first-order valence-electron chi connectivity index (χ1n) is 7.77. The van der Waals surface area contributed by atoms with E-state index in [0.717, 1.165) is 12.0 Å². The van der Waals surface area contributed by atoms with Crippen LogP contribution in [0.15, 0.2) is 48.6 Å². The van der Waals surface area contributed by atoms with E-state index in [1.165, 1.54) is 0 Å². The van der Waals surface area contributed by atoms with Gasteiger partial charge in [-0.3, -0.25) is 0 Å². The van der Waals surface area contributed by atoms with E-state index >= 15 is 0 Å². The van der Waals surface area contributed by atoms with E-state index in [4.69, 9.17) is 4.74 Å². The van der Waals surface area contributed by atoms with E-state index in [0.29, 0.717) is 0 Å². The first kappa shape index (κ1) is 26.9. The number of benzene rings is 1. The van der Waals surface area contributed by atoms with Gasteiger partial charge in [0.05, 0.1) is 6.04 Å². The maximum absolute atomic E-state index is 11.8. The van der Waals surface area contributed by atoms with Gasteiger partial charge in [0.1, 0.15) is 5.60 Å². The van der Waals surface area contributed by atoms with Gasteiger partial charge in [0.25, 0.3) is 0 Å². The second-order valence-corrected chi connectivity index (χ2v) is 6.14. The van der Waals surface area contributed by atoms with Crippen molar-refractivity contribution in [3.05, 3.63) is 61.5 Å². The van der Waals surface area contributed by atoms with Crippen LogP contribution in [0.4, 0.5) is 4.79 Å². The molecule has 1 aromatic rings. The first-order chi connectivity index (χ1) is 11.8. The predicted molar refractivity (Wildman–Crippen MR) is 101 cm³/mol. The minimum Gasteiger partial charge on any atom is -0.583 e. The van der Waals surface area contributed by atoms with Crippen molar-refractivity contribution in [2.24, 2.45) is 0 Å². The molecule has 7 heteroatoms. The molecule has 0 fully saturated rings. The van der Waals surface area contributed by atoms with Crippen LogP contribution in [0.1, 0.15) is 32.8 Å². The molecule has 1 atom stereocenters. The molecule has 0 radical (unpaired) electrons. The zero-order valence-corrected chi connectivity index (χ0v) is 17.0. The van der Waals surface area contributed by atoms with Gasteiger partial charge in [-0.05, 0) is 32.8 Å². The number of ether oxygens (including phenoxy) is 2. The van der Waals surface area contributed by atoms with Crippen molar-refractivity contribution in [3.63, 3.8) is 0 Å². The number of amides is 1. The molecule has 0 heterocycles. The van der Waals surface area contributed by atoms with Gasteiger partial charge in [0.15, 0.2) is 12.4 Å². The van der Waals surface area contributed by atoms with Crippen molar-refractivity contribution in [2.75, 3.05) is 0 Å². The zero-order valence-electron chi connectivity index (χ0n) is 15.9. The normalized spacial score (nSPS) is 11.8. The van der Waals surface area contributed by atoms with Crippen LogP contribution in [0.2, 0.25) is 0 Å². The number of alkyl carbamates (subject to hydrolysis) is 1. The Morgan fingerprint density at radius 3 is 2.37 bits per heavy atom. The third-order valence-corrected chi connectivity index (χ3v) is 2.82. The molecule has 0 aliphatic heterocycles.